The largest absolute Gasteiger partial charge is 0.478 e. The Kier molecular flexibility index (Phi) is 4.94. The van der Waals surface area contributed by atoms with Crippen molar-refractivity contribution in [2.24, 2.45) is 11.8 Å². The smallest absolute Gasteiger partial charge is 0.407 e. The number of benzene rings is 2. The summed E-state index contributed by atoms with van der Waals surface area (Å²) in [5.41, 5.74) is 2.80. The molecular weight excluding hydrogens is 356 g/mol. The molecule has 2 aromatic carbocycles. The van der Waals surface area contributed by atoms with Gasteiger partial charge in [-0.05, 0) is 48.1 Å². The van der Waals surface area contributed by atoms with Gasteiger partial charge in [0.15, 0.2) is 0 Å². The number of ether oxygens (including phenoxy) is 1. The summed E-state index contributed by atoms with van der Waals surface area (Å²) >= 11 is 0. The van der Waals surface area contributed by atoms with E-state index < -0.39 is 12.1 Å². The van der Waals surface area contributed by atoms with Crippen molar-refractivity contribution in [2.75, 3.05) is 5.32 Å². The maximum atomic E-state index is 12.5. The molecule has 2 aromatic rings. The molecule has 0 bridgehead atoms. The van der Waals surface area contributed by atoms with Crippen LogP contribution in [0.3, 0.4) is 0 Å². The van der Waals surface area contributed by atoms with Crippen molar-refractivity contribution in [1.29, 1.82) is 0 Å². The molecule has 1 aliphatic carbocycles. The van der Waals surface area contributed by atoms with Gasteiger partial charge < -0.3 is 20.5 Å². The van der Waals surface area contributed by atoms with E-state index in [0.717, 1.165) is 16.8 Å². The number of aromatic carboxylic acids is 1. The van der Waals surface area contributed by atoms with Gasteiger partial charge in [-0.1, -0.05) is 37.3 Å². The number of fused-ring (bicyclic) bond motifs is 1. The van der Waals surface area contributed by atoms with Crippen molar-refractivity contribution in [3.63, 3.8) is 0 Å². The lowest BCUT2D eigenvalue weighted by Gasteiger charge is -2.39. The Morgan fingerprint density at radius 3 is 2.61 bits per heavy atom. The summed E-state index contributed by atoms with van der Waals surface area (Å²) in [4.78, 5) is 23.9. The highest BCUT2D eigenvalue weighted by molar-refractivity contribution is 5.89. The highest BCUT2D eigenvalue weighted by Gasteiger charge is 2.42. The van der Waals surface area contributed by atoms with Crippen molar-refractivity contribution in [3.8, 4) is 0 Å². The number of alkyl carbamates (subject to hydrolysis) is 1. The Bertz CT molecular complexity index is 879. The molecule has 146 valence electrons. The number of carbonyl (C=O) groups excluding carboxylic acids is 1. The first-order valence-electron chi connectivity index (χ1n) is 9.64. The zero-order valence-electron chi connectivity index (χ0n) is 15.7. The molecule has 2 aliphatic rings. The fourth-order valence-corrected chi connectivity index (χ4v) is 3.99. The predicted molar refractivity (Wildman–Crippen MR) is 105 cm³/mol. The highest BCUT2D eigenvalue weighted by Crippen LogP contribution is 2.45. The Morgan fingerprint density at radius 1 is 1.18 bits per heavy atom. The van der Waals surface area contributed by atoms with Crippen molar-refractivity contribution in [1.82, 2.24) is 5.32 Å². The molecule has 0 aromatic heterocycles. The maximum absolute atomic E-state index is 12.5. The van der Waals surface area contributed by atoms with E-state index >= 15 is 0 Å². The summed E-state index contributed by atoms with van der Waals surface area (Å²) < 4.78 is 5.40. The molecule has 28 heavy (non-hydrogen) atoms. The van der Waals surface area contributed by atoms with E-state index in [1.54, 1.807) is 18.2 Å². The number of carboxylic acid groups (broad SMARTS) is 1. The molecule has 1 fully saturated rings. The van der Waals surface area contributed by atoms with E-state index in [9.17, 15) is 14.7 Å². The van der Waals surface area contributed by atoms with E-state index in [1.165, 1.54) is 12.8 Å². The van der Waals surface area contributed by atoms with Gasteiger partial charge >= 0.3 is 12.1 Å². The minimum atomic E-state index is -0.981. The molecule has 3 N–H and O–H groups in total. The van der Waals surface area contributed by atoms with Crippen LogP contribution in [0.1, 0.15) is 47.3 Å². The molecule has 0 radical (unpaired) electrons. The van der Waals surface area contributed by atoms with E-state index in [4.69, 9.17) is 4.74 Å². The summed E-state index contributed by atoms with van der Waals surface area (Å²) in [5, 5.41) is 15.9. The predicted octanol–water partition coefficient (Wildman–Crippen LogP) is 4.19. The molecule has 4 rings (SSSR count). The number of hydrogen-bond donors (Lipinski definition) is 3. The van der Waals surface area contributed by atoms with Crippen molar-refractivity contribution < 1.29 is 19.4 Å². The quantitative estimate of drug-likeness (QED) is 0.724. The molecule has 1 heterocycles. The van der Waals surface area contributed by atoms with Crippen LogP contribution in [0.25, 0.3) is 0 Å². The van der Waals surface area contributed by atoms with E-state index in [-0.39, 0.29) is 30.2 Å². The Balaban J connectivity index is 1.54. The number of rotatable bonds is 5. The standard InChI is InChI=1S/C22H24N2O4/c1-13-19(15-7-8-15)23-18-10-9-16(21(25)26)11-17(18)20(13)24-22(27)28-12-14-5-3-2-4-6-14/h2-6,9-11,13,15,19-20,23H,7-8,12H2,1H3,(H,24,27)(H,25,26). The fraction of sp³-hybridized carbons (Fsp3) is 0.364. The molecule has 6 nitrogen and oxygen atoms in total. The van der Waals surface area contributed by atoms with Gasteiger partial charge in [-0.15, -0.1) is 0 Å². The number of nitrogens with one attached hydrogen (secondary N) is 2. The van der Waals surface area contributed by atoms with Gasteiger partial charge in [0.2, 0.25) is 0 Å². The van der Waals surface area contributed by atoms with Gasteiger partial charge in [-0.3, -0.25) is 0 Å². The first-order valence-corrected chi connectivity index (χ1v) is 9.64. The van der Waals surface area contributed by atoms with Crippen LogP contribution in [0.15, 0.2) is 48.5 Å². The molecule has 1 saturated carbocycles. The molecule has 0 saturated heterocycles. The van der Waals surface area contributed by atoms with Gasteiger partial charge in [-0.25, -0.2) is 9.59 Å². The van der Waals surface area contributed by atoms with Crippen LogP contribution in [0.4, 0.5) is 10.5 Å². The van der Waals surface area contributed by atoms with Crippen LogP contribution in [0.5, 0.6) is 0 Å². The molecule has 1 amide bonds. The van der Waals surface area contributed by atoms with Gasteiger partial charge in [0.1, 0.15) is 6.61 Å². The van der Waals surface area contributed by atoms with Crippen LogP contribution in [0, 0.1) is 11.8 Å². The molecular formula is C22H24N2O4. The number of carbonyl (C=O) groups is 2. The fourth-order valence-electron chi connectivity index (χ4n) is 3.99. The molecule has 0 spiro atoms. The van der Waals surface area contributed by atoms with E-state index in [2.05, 4.69) is 17.6 Å². The van der Waals surface area contributed by atoms with Gasteiger partial charge in [0.05, 0.1) is 11.6 Å². The topological polar surface area (TPSA) is 87.7 Å². The first-order chi connectivity index (χ1) is 13.5. The lowest BCUT2D eigenvalue weighted by atomic mass is 9.81. The Morgan fingerprint density at radius 2 is 1.93 bits per heavy atom. The third kappa shape index (κ3) is 3.81. The molecule has 3 atom stereocenters. The van der Waals surface area contributed by atoms with Crippen LogP contribution >= 0.6 is 0 Å². The summed E-state index contributed by atoms with van der Waals surface area (Å²) in [5.74, 6) is -0.273. The number of amides is 1. The lowest BCUT2D eigenvalue weighted by Crippen LogP contribution is -2.45. The first kappa shape index (κ1) is 18.3. The molecule has 3 unspecified atom stereocenters. The van der Waals surface area contributed by atoms with Gasteiger partial charge in [0, 0.05) is 17.6 Å². The maximum Gasteiger partial charge on any atom is 0.407 e. The Hall–Kier alpha value is -3.02. The second-order valence-corrected chi connectivity index (χ2v) is 7.66. The van der Waals surface area contributed by atoms with Crippen molar-refractivity contribution >= 4 is 17.7 Å². The number of hydrogen-bond acceptors (Lipinski definition) is 4. The zero-order chi connectivity index (χ0) is 19.7. The summed E-state index contributed by atoms with van der Waals surface area (Å²) in [7, 11) is 0. The summed E-state index contributed by atoms with van der Waals surface area (Å²) in [6.45, 7) is 2.29. The third-order valence-electron chi connectivity index (χ3n) is 5.66. The van der Waals surface area contributed by atoms with Gasteiger partial charge in [-0.2, -0.15) is 0 Å². The molecule has 6 heteroatoms. The lowest BCUT2D eigenvalue weighted by molar-refractivity contribution is 0.0696. The van der Waals surface area contributed by atoms with Crippen LogP contribution in [-0.4, -0.2) is 23.2 Å². The average Bonchev–Trinajstić information content (AvgIpc) is 3.54. The third-order valence-corrected chi connectivity index (χ3v) is 5.66. The highest BCUT2D eigenvalue weighted by atomic mass is 16.5. The number of carboxylic acids is 1. The SMILES string of the molecule is CC1C(NC(=O)OCc2ccccc2)c2cc(C(=O)O)ccc2NC1C1CC1. The monoisotopic (exact) mass is 380 g/mol. The van der Waals surface area contributed by atoms with E-state index in [1.807, 2.05) is 30.3 Å². The Labute approximate surface area is 163 Å². The van der Waals surface area contributed by atoms with E-state index in [0.29, 0.717) is 5.92 Å². The normalized spacial score (nSPS) is 23.2. The van der Waals surface area contributed by atoms with Crippen molar-refractivity contribution in [3.05, 3.63) is 65.2 Å². The average molecular weight is 380 g/mol. The zero-order valence-corrected chi connectivity index (χ0v) is 15.7. The minimum absolute atomic E-state index is 0.119. The summed E-state index contributed by atoms with van der Waals surface area (Å²) in [6.07, 6.45) is 1.86. The van der Waals surface area contributed by atoms with Crippen LogP contribution < -0.4 is 10.6 Å². The van der Waals surface area contributed by atoms with Crippen LogP contribution in [0.2, 0.25) is 0 Å². The van der Waals surface area contributed by atoms with Crippen LogP contribution in [-0.2, 0) is 11.3 Å². The molecule has 1 aliphatic heterocycles. The summed E-state index contributed by atoms with van der Waals surface area (Å²) in [6, 6.07) is 14.5. The minimum Gasteiger partial charge on any atom is -0.478 e. The second-order valence-electron chi connectivity index (χ2n) is 7.66. The van der Waals surface area contributed by atoms with Crippen molar-refractivity contribution in [2.45, 2.75) is 38.5 Å². The number of anilines is 1. The van der Waals surface area contributed by atoms with Gasteiger partial charge in [0.25, 0.3) is 0 Å². The second kappa shape index (κ2) is 7.54.